The lowest BCUT2D eigenvalue weighted by Gasteiger charge is -2.32. The predicted octanol–water partition coefficient (Wildman–Crippen LogP) is 4.72. The third-order valence-electron chi connectivity index (χ3n) is 5.22. The average molecular weight is 433 g/mol. The fourth-order valence-electron chi connectivity index (χ4n) is 3.56. The second-order valence-corrected chi connectivity index (χ2v) is 7.74. The molecule has 0 radical (unpaired) electrons. The van der Waals surface area contributed by atoms with Crippen molar-refractivity contribution in [3.8, 4) is 5.75 Å². The lowest BCUT2D eigenvalue weighted by Crippen LogP contribution is -2.44. The Morgan fingerprint density at radius 3 is 2.34 bits per heavy atom. The summed E-state index contributed by atoms with van der Waals surface area (Å²) in [6.45, 7) is 3.82. The molecule has 0 bridgehead atoms. The number of anilines is 1. The molecule has 1 heterocycles. The molecule has 1 N–H and O–H groups in total. The number of rotatable bonds is 8. The Morgan fingerprint density at radius 1 is 0.938 bits per heavy atom. The van der Waals surface area contributed by atoms with Gasteiger partial charge in [0.15, 0.2) is 0 Å². The molecule has 0 spiro atoms. The van der Waals surface area contributed by atoms with Gasteiger partial charge in [-0.15, -0.1) is 0 Å². The van der Waals surface area contributed by atoms with E-state index in [1.165, 1.54) is 5.56 Å². The summed E-state index contributed by atoms with van der Waals surface area (Å²) in [6, 6.07) is 27.5. The summed E-state index contributed by atoms with van der Waals surface area (Å²) in [7, 11) is 0. The van der Waals surface area contributed by atoms with E-state index in [-0.39, 0.29) is 12.7 Å². The highest BCUT2D eigenvalue weighted by atomic mass is 16.6. The van der Waals surface area contributed by atoms with Crippen molar-refractivity contribution in [3.63, 3.8) is 0 Å². The number of ether oxygens (including phenoxy) is 3. The van der Waals surface area contributed by atoms with Crippen LogP contribution in [0.1, 0.15) is 11.1 Å². The molecule has 166 valence electrons. The third-order valence-corrected chi connectivity index (χ3v) is 5.22. The number of hydrogen-bond acceptors (Lipinski definition) is 5. The van der Waals surface area contributed by atoms with Gasteiger partial charge in [-0.25, -0.2) is 4.79 Å². The molecule has 4 rings (SSSR count). The lowest BCUT2D eigenvalue weighted by molar-refractivity contribution is -0.0564. The molecule has 1 aliphatic rings. The van der Waals surface area contributed by atoms with Gasteiger partial charge in [-0.3, -0.25) is 10.2 Å². The summed E-state index contributed by atoms with van der Waals surface area (Å²) in [5, 5.41) is 2.75. The summed E-state index contributed by atoms with van der Waals surface area (Å²) >= 11 is 0. The zero-order valence-corrected chi connectivity index (χ0v) is 18.0. The van der Waals surface area contributed by atoms with Crippen molar-refractivity contribution in [1.29, 1.82) is 0 Å². The molecule has 1 aliphatic heterocycles. The third kappa shape index (κ3) is 6.83. The number of carbonyl (C=O) groups excluding carboxylic acids is 1. The van der Waals surface area contributed by atoms with Crippen LogP contribution in [0, 0.1) is 0 Å². The average Bonchev–Trinajstić information content (AvgIpc) is 2.84. The molecule has 32 heavy (non-hydrogen) atoms. The van der Waals surface area contributed by atoms with Gasteiger partial charge in [0.25, 0.3) is 0 Å². The summed E-state index contributed by atoms with van der Waals surface area (Å²) in [4.78, 5) is 14.5. The van der Waals surface area contributed by atoms with Crippen LogP contribution in [-0.4, -0.2) is 43.4 Å². The number of benzene rings is 3. The molecule has 0 saturated carbocycles. The quantitative estimate of drug-likeness (QED) is 0.558. The number of hydrogen-bond donors (Lipinski definition) is 1. The van der Waals surface area contributed by atoms with Crippen molar-refractivity contribution < 1.29 is 19.0 Å². The molecule has 0 unspecified atom stereocenters. The topological polar surface area (TPSA) is 60.0 Å². The number of amides is 1. The Morgan fingerprint density at radius 2 is 1.62 bits per heavy atom. The van der Waals surface area contributed by atoms with E-state index >= 15 is 0 Å². The fraction of sp³-hybridized carbons (Fsp3) is 0.269. The SMILES string of the molecule is O=C(Nc1ccc(OCc2ccccc2)cc1)OC[C@@H]1CN(Cc2ccccc2)CCO1. The Hall–Kier alpha value is -3.35. The van der Waals surface area contributed by atoms with E-state index < -0.39 is 6.09 Å². The van der Waals surface area contributed by atoms with E-state index in [0.29, 0.717) is 18.9 Å². The van der Waals surface area contributed by atoms with Crippen LogP contribution in [0.5, 0.6) is 5.75 Å². The van der Waals surface area contributed by atoms with Gasteiger partial charge in [-0.2, -0.15) is 0 Å². The van der Waals surface area contributed by atoms with E-state index in [1.54, 1.807) is 12.1 Å². The maximum atomic E-state index is 12.2. The van der Waals surface area contributed by atoms with E-state index in [1.807, 2.05) is 60.7 Å². The highest BCUT2D eigenvalue weighted by molar-refractivity contribution is 5.84. The molecular weight excluding hydrogens is 404 g/mol. The largest absolute Gasteiger partial charge is 0.489 e. The van der Waals surface area contributed by atoms with Crippen LogP contribution in [0.4, 0.5) is 10.5 Å². The zero-order valence-electron chi connectivity index (χ0n) is 18.0. The molecule has 1 saturated heterocycles. The standard InChI is InChI=1S/C26H28N2O4/c29-26(27-23-11-13-24(14-12-23)31-19-22-9-5-2-6-10-22)32-20-25-18-28(15-16-30-25)17-21-7-3-1-4-8-21/h1-14,25H,15-20H2,(H,27,29)/t25-/m0/s1. The molecule has 3 aromatic rings. The van der Waals surface area contributed by atoms with Gasteiger partial charge >= 0.3 is 6.09 Å². The Labute approximate surface area is 188 Å². The van der Waals surface area contributed by atoms with Gasteiger partial charge in [0.05, 0.1) is 6.61 Å². The Bertz CT molecular complexity index is 964. The van der Waals surface area contributed by atoms with Gasteiger partial charge in [-0.05, 0) is 35.4 Å². The molecule has 6 nitrogen and oxygen atoms in total. The molecule has 0 aromatic heterocycles. The van der Waals surface area contributed by atoms with Crippen molar-refractivity contribution >= 4 is 11.8 Å². The van der Waals surface area contributed by atoms with Crippen molar-refractivity contribution in [2.45, 2.75) is 19.3 Å². The maximum absolute atomic E-state index is 12.2. The predicted molar refractivity (Wildman–Crippen MR) is 124 cm³/mol. The van der Waals surface area contributed by atoms with E-state index in [0.717, 1.165) is 30.9 Å². The zero-order chi connectivity index (χ0) is 22.0. The molecule has 1 amide bonds. The van der Waals surface area contributed by atoms with Gasteiger partial charge in [-0.1, -0.05) is 60.7 Å². The van der Waals surface area contributed by atoms with Crippen LogP contribution >= 0.6 is 0 Å². The molecular formula is C26H28N2O4. The van der Waals surface area contributed by atoms with Crippen LogP contribution in [0.3, 0.4) is 0 Å². The van der Waals surface area contributed by atoms with Crippen LogP contribution in [-0.2, 0) is 22.6 Å². The number of nitrogens with zero attached hydrogens (tertiary/aromatic N) is 1. The Kier molecular flexibility index (Phi) is 7.74. The normalized spacial score (nSPS) is 16.3. The highest BCUT2D eigenvalue weighted by Crippen LogP contribution is 2.17. The van der Waals surface area contributed by atoms with Crippen LogP contribution in [0.25, 0.3) is 0 Å². The summed E-state index contributed by atoms with van der Waals surface area (Å²) in [6.07, 6.45) is -0.626. The fourth-order valence-corrected chi connectivity index (χ4v) is 3.56. The van der Waals surface area contributed by atoms with Gasteiger partial charge in [0.1, 0.15) is 25.1 Å². The van der Waals surface area contributed by atoms with Gasteiger partial charge in [0.2, 0.25) is 0 Å². The van der Waals surface area contributed by atoms with Gasteiger partial charge < -0.3 is 14.2 Å². The van der Waals surface area contributed by atoms with Crippen molar-refractivity contribution in [2.24, 2.45) is 0 Å². The molecule has 3 aromatic carbocycles. The van der Waals surface area contributed by atoms with E-state index in [4.69, 9.17) is 14.2 Å². The Balaban J connectivity index is 1.18. The molecule has 6 heteroatoms. The highest BCUT2D eigenvalue weighted by Gasteiger charge is 2.22. The second-order valence-electron chi connectivity index (χ2n) is 7.74. The smallest absolute Gasteiger partial charge is 0.411 e. The monoisotopic (exact) mass is 432 g/mol. The van der Waals surface area contributed by atoms with Crippen molar-refractivity contribution in [2.75, 3.05) is 31.6 Å². The lowest BCUT2D eigenvalue weighted by atomic mass is 10.2. The summed E-state index contributed by atoms with van der Waals surface area (Å²) in [5.41, 5.74) is 3.02. The maximum Gasteiger partial charge on any atom is 0.411 e. The minimum Gasteiger partial charge on any atom is -0.489 e. The first-order valence-corrected chi connectivity index (χ1v) is 10.8. The van der Waals surface area contributed by atoms with Crippen LogP contribution in [0.2, 0.25) is 0 Å². The molecule has 1 fully saturated rings. The first-order valence-electron chi connectivity index (χ1n) is 10.8. The number of carbonyl (C=O) groups is 1. The van der Waals surface area contributed by atoms with Crippen molar-refractivity contribution in [3.05, 3.63) is 96.1 Å². The summed E-state index contributed by atoms with van der Waals surface area (Å²) < 4.78 is 16.9. The van der Waals surface area contributed by atoms with E-state index in [2.05, 4.69) is 22.3 Å². The molecule has 1 atom stereocenters. The van der Waals surface area contributed by atoms with E-state index in [9.17, 15) is 4.79 Å². The summed E-state index contributed by atoms with van der Waals surface area (Å²) in [5.74, 6) is 0.738. The second kappa shape index (κ2) is 11.3. The van der Waals surface area contributed by atoms with Crippen LogP contribution < -0.4 is 10.1 Å². The molecule has 0 aliphatic carbocycles. The first-order chi connectivity index (χ1) is 15.7. The number of morpholine rings is 1. The van der Waals surface area contributed by atoms with Crippen molar-refractivity contribution in [1.82, 2.24) is 4.90 Å². The number of nitrogens with one attached hydrogen (secondary N) is 1. The first kappa shape index (κ1) is 21.9. The van der Waals surface area contributed by atoms with Gasteiger partial charge in [0, 0.05) is 25.3 Å². The van der Waals surface area contributed by atoms with Crippen LogP contribution in [0.15, 0.2) is 84.9 Å². The minimum atomic E-state index is -0.494. The minimum absolute atomic E-state index is 0.132.